The predicted octanol–water partition coefficient (Wildman–Crippen LogP) is 3.90. The topological polar surface area (TPSA) is 83.6 Å². The minimum atomic E-state index is -3.56. The molecule has 32 heavy (non-hydrogen) atoms. The lowest BCUT2D eigenvalue weighted by Crippen LogP contribution is -2.59. The molecule has 2 amide bonds. The Morgan fingerprint density at radius 1 is 1.12 bits per heavy atom. The van der Waals surface area contributed by atoms with E-state index < -0.39 is 15.2 Å². The summed E-state index contributed by atoms with van der Waals surface area (Å²) >= 11 is 6.24. The molecule has 1 heterocycles. The molecule has 2 aromatic rings. The highest BCUT2D eigenvalue weighted by molar-refractivity contribution is 7.91. The Morgan fingerprint density at radius 2 is 1.81 bits per heavy atom. The lowest BCUT2D eigenvalue weighted by molar-refractivity contribution is -0.145. The number of rotatable bonds is 11. The molecule has 0 aliphatic carbocycles. The molecule has 0 saturated carbocycles. The van der Waals surface area contributed by atoms with E-state index in [9.17, 15) is 18.0 Å². The van der Waals surface area contributed by atoms with Crippen LogP contribution in [0.25, 0.3) is 0 Å². The maximum absolute atomic E-state index is 12.7. The Balaban J connectivity index is 1.40. The van der Waals surface area contributed by atoms with Crippen LogP contribution < -0.4 is 5.32 Å². The van der Waals surface area contributed by atoms with Gasteiger partial charge in [-0.15, -0.1) is 0 Å². The van der Waals surface area contributed by atoms with Gasteiger partial charge in [-0.2, -0.15) is 0 Å². The molecule has 0 aromatic heterocycles. The summed E-state index contributed by atoms with van der Waals surface area (Å²) in [6.07, 6.45) is 2.60. The van der Waals surface area contributed by atoms with Gasteiger partial charge in [0.2, 0.25) is 11.8 Å². The lowest BCUT2D eigenvalue weighted by atomic mass is 9.95. The number of β-lactam (4-membered cyclic amide) rings is 1. The first kappa shape index (κ1) is 24.3. The Hall–Kier alpha value is -2.38. The second-order valence-electron chi connectivity index (χ2n) is 8.24. The minimum Gasteiger partial charge on any atom is -0.355 e. The summed E-state index contributed by atoms with van der Waals surface area (Å²) in [4.78, 5) is 25.4. The van der Waals surface area contributed by atoms with E-state index in [0.29, 0.717) is 18.0 Å². The summed E-state index contributed by atoms with van der Waals surface area (Å²) in [6.45, 7) is 2.39. The zero-order valence-corrected chi connectivity index (χ0v) is 19.7. The molecule has 2 unspecified atom stereocenters. The van der Waals surface area contributed by atoms with Gasteiger partial charge in [0.1, 0.15) is 11.9 Å². The van der Waals surface area contributed by atoms with E-state index in [2.05, 4.69) is 12.2 Å². The number of nitrogens with one attached hydrogen (secondary N) is 1. The average molecular weight is 477 g/mol. The summed E-state index contributed by atoms with van der Waals surface area (Å²) in [7, 11) is -3.56. The Kier molecular flexibility index (Phi) is 8.32. The number of sulfone groups is 1. The van der Waals surface area contributed by atoms with E-state index in [0.717, 1.165) is 34.7 Å². The number of amides is 2. The van der Waals surface area contributed by atoms with Crippen molar-refractivity contribution in [3.8, 4) is 0 Å². The maximum Gasteiger partial charge on any atom is 0.239 e. The van der Waals surface area contributed by atoms with Gasteiger partial charge in [-0.25, -0.2) is 8.42 Å². The van der Waals surface area contributed by atoms with Crippen LogP contribution >= 0.6 is 11.6 Å². The lowest BCUT2D eigenvalue weighted by Gasteiger charge is -2.39. The highest BCUT2D eigenvalue weighted by atomic mass is 35.5. The first-order valence-corrected chi connectivity index (χ1v) is 12.9. The van der Waals surface area contributed by atoms with Crippen molar-refractivity contribution in [2.75, 3.05) is 13.1 Å². The number of hydrogen-bond acceptors (Lipinski definition) is 4. The molecular formula is C24H29ClN2O4S. The molecule has 1 saturated heterocycles. The number of carbonyl (C=O) groups excluding carboxylic acids is 2. The molecule has 2 aromatic carbocycles. The molecule has 2 atom stereocenters. The number of halogens is 1. The van der Waals surface area contributed by atoms with Gasteiger partial charge < -0.3 is 10.2 Å². The summed E-state index contributed by atoms with van der Waals surface area (Å²) in [5.74, 6) is -0.464. The Morgan fingerprint density at radius 3 is 2.50 bits per heavy atom. The zero-order chi connectivity index (χ0) is 23.1. The van der Waals surface area contributed by atoms with Crippen molar-refractivity contribution in [3.05, 3.63) is 70.7 Å². The van der Waals surface area contributed by atoms with Gasteiger partial charge in [-0.3, -0.25) is 9.59 Å². The number of carbonyl (C=O) groups is 2. The van der Waals surface area contributed by atoms with Crippen molar-refractivity contribution in [1.29, 1.82) is 0 Å². The van der Waals surface area contributed by atoms with Crippen LogP contribution in [-0.4, -0.2) is 43.6 Å². The van der Waals surface area contributed by atoms with E-state index in [1.807, 2.05) is 30.3 Å². The molecule has 1 fully saturated rings. The van der Waals surface area contributed by atoms with Crippen molar-refractivity contribution in [2.45, 2.75) is 49.7 Å². The van der Waals surface area contributed by atoms with Crippen LogP contribution in [0, 0.1) is 0 Å². The molecular weight excluding hydrogens is 448 g/mol. The molecule has 1 aliphatic rings. The van der Waals surface area contributed by atoms with Gasteiger partial charge in [0.05, 0.1) is 12.2 Å². The standard InChI is InChI=1S/C24H29ClN2O4S/c1-18(20-12-5-6-13-21(20)25)9-7-8-14-26-22(28)16-27-23(29)15-24(27)32(30,31)17-19-10-3-2-4-11-19/h2-6,10-13,18,24H,7-9,14-17H2,1H3,(H,26,28). The number of likely N-dealkylation sites (tertiary alicyclic amines) is 1. The Labute approximate surface area is 194 Å². The number of hydrogen-bond donors (Lipinski definition) is 1. The smallest absolute Gasteiger partial charge is 0.239 e. The third-order valence-electron chi connectivity index (χ3n) is 5.78. The molecule has 172 valence electrons. The number of nitrogens with zero attached hydrogens (tertiary/aromatic N) is 1. The Bertz CT molecular complexity index is 1040. The van der Waals surface area contributed by atoms with Crippen molar-refractivity contribution in [1.82, 2.24) is 10.2 Å². The number of unbranched alkanes of at least 4 members (excludes halogenated alkanes) is 1. The monoisotopic (exact) mass is 476 g/mol. The first-order chi connectivity index (χ1) is 15.3. The summed E-state index contributed by atoms with van der Waals surface area (Å²) in [5.41, 5.74) is 1.79. The van der Waals surface area contributed by atoms with E-state index in [1.54, 1.807) is 24.3 Å². The van der Waals surface area contributed by atoms with Crippen molar-refractivity contribution in [2.24, 2.45) is 0 Å². The molecule has 1 N–H and O–H groups in total. The summed E-state index contributed by atoms with van der Waals surface area (Å²) < 4.78 is 25.4. The van der Waals surface area contributed by atoms with Crippen LogP contribution in [-0.2, 0) is 25.2 Å². The molecule has 3 rings (SSSR count). The van der Waals surface area contributed by atoms with Crippen molar-refractivity contribution in [3.63, 3.8) is 0 Å². The fourth-order valence-electron chi connectivity index (χ4n) is 3.88. The molecule has 0 radical (unpaired) electrons. The van der Waals surface area contributed by atoms with Crippen LogP contribution in [0.1, 0.15) is 49.7 Å². The van der Waals surface area contributed by atoms with E-state index in [4.69, 9.17) is 11.6 Å². The summed E-state index contributed by atoms with van der Waals surface area (Å²) in [5, 5.41) is 2.63. The second-order valence-corrected chi connectivity index (χ2v) is 10.8. The van der Waals surface area contributed by atoms with Crippen molar-refractivity contribution < 1.29 is 18.0 Å². The van der Waals surface area contributed by atoms with Gasteiger partial charge in [-0.1, -0.05) is 73.5 Å². The van der Waals surface area contributed by atoms with E-state index >= 15 is 0 Å². The van der Waals surface area contributed by atoms with E-state index in [-0.39, 0.29) is 30.5 Å². The van der Waals surface area contributed by atoms with Gasteiger partial charge in [0, 0.05) is 11.6 Å². The molecule has 0 bridgehead atoms. The van der Waals surface area contributed by atoms with Gasteiger partial charge in [-0.05, 0) is 36.0 Å². The normalized spacial score (nSPS) is 17.0. The SMILES string of the molecule is CC(CCCCNC(=O)CN1C(=O)CC1S(=O)(=O)Cc1ccccc1)c1ccccc1Cl. The van der Waals surface area contributed by atoms with Crippen LogP contribution in [0.4, 0.5) is 0 Å². The fraction of sp³-hybridized carbons (Fsp3) is 0.417. The zero-order valence-electron chi connectivity index (χ0n) is 18.2. The fourth-order valence-corrected chi connectivity index (χ4v) is 6.03. The largest absolute Gasteiger partial charge is 0.355 e. The maximum atomic E-state index is 12.7. The molecule has 8 heteroatoms. The number of benzene rings is 2. The van der Waals surface area contributed by atoms with Crippen LogP contribution in [0.3, 0.4) is 0 Å². The second kappa shape index (κ2) is 11.0. The molecule has 0 spiro atoms. The minimum absolute atomic E-state index is 0.0671. The van der Waals surface area contributed by atoms with Crippen LogP contribution in [0.2, 0.25) is 5.02 Å². The third-order valence-corrected chi connectivity index (χ3v) is 8.11. The molecule has 1 aliphatic heterocycles. The summed E-state index contributed by atoms with van der Waals surface area (Å²) in [6, 6.07) is 16.6. The quantitative estimate of drug-likeness (QED) is 0.393. The third kappa shape index (κ3) is 6.33. The first-order valence-electron chi connectivity index (χ1n) is 10.8. The highest BCUT2D eigenvalue weighted by Gasteiger charge is 2.45. The van der Waals surface area contributed by atoms with Gasteiger partial charge >= 0.3 is 0 Å². The predicted molar refractivity (Wildman–Crippen MR) is 126 cm³/mol. The average Bonchev–Trinajstić information content (AvgIpc) is 2.76. The van der Waals surface area contributed by atoms with Gasteiger partial charge in [0.15, 0.2) is 9.84 Å². The highest BCUT2D eigenvalue weighted by Crippen LogP contribution is 2.28. The van der Waals surface area contributed by atoms with E-state index in [1.165, 1.54) is 0 Å². The molecule has 6 nitrogen and oxygen atoms in total. The van der Waals surface area contributed by atoms with Crippen LogP contribution in [0.15, 0.2) is 54.6 Å². The van der Waals surface area contributed by atoms with Crippen molar-refractivity contribution >= 4 is 33.3 Å². The van der Waals surface area contributed by atoms with Crippen LogP contribution in [0.5, 0.6) is 0 Å². The van der Waals surface area contributed by atoms with Gasteiger partial charge in [0.25, 0.3) is 0 Å².